The second kappa shape index (κ2) is 4.99. The summed E-state index contributed by atoms with van der Waals surface area (Å²) in [6, 6.07) is 3.15. The van der Waals surface area contributed by atoms with Crippen molar-refractivity contribution in [2.45, 2.75) is 12.6 Å². The molecular formula is C9H7BrF5N. The molecule has 1 rings (SSSR count). The molecule has 0 unspecified atom stereocenters. The second-order valence-corrected chi connectivity index (χ2v) is 3.88. The van der Waals surface area contributed by atoms with Crippen LogP contribution in [0.25, 0.3) is 0 Å². The van der Waals surface area contributed by atoms with Gasteiger partial charge in [-0.15, -0.1) is 0 Å². The summed E-state index contributed by atoms with van der Waals surface area (Å²) in [6.07, 6.45) is -7.27. The molecule has 0 bridgehead atoms. The van der Waals surface area contributed by atoms with Crippen LogP contribution < -0.4 is 5.32 Å². The summed E-state index contributed by atoms with van der Waals surface area (Å²) in [4.78, 5) is 0. The topological polar surface area (TPSA) is 12.0 Å². The molecule has 0 heterocycles. The number of hydrogen-bond donors (Lipinski definition) is 1. The molecular weight excluding hydrogens is 297 g/mol. The molecule has 1 aromatic carbocycles. The minimum absolute atomic E-state index is 0.359. The van der Waals surface area contributed by atoms with E-state index in [-0.39, 0.29) is 5.69 Å². The van der Waals surface area contributed by atoms with Crippen LogP contribution in [-0.4, -0.2) is 13.0 Å². The minimum atomic E-state index is -4.56. The molecule has 0 radical (unpaired) electrons. The van der Waals surface area contributed by atoms with Gasteiger partial charge in [0.05, 0.1) is 12.1 Å². The van der Waals surface area contributed by atoms with E-state index in [0.29, 0.717) is 4.47 Å². The van der Waals surface area contributed by atoms with Crippen molar-refractivity contribution in [3.63, 3.8) is 0 Å². The fourth-order valence-electron chi connectivity index (χ4n) is 1.10. The van der Waals surface area contributed by atoms with Crippen LogP contribution in [0.3, 0.4) is 0 Å². The van der Waals surface area contributed by atoms with Gasteiger partial charge in [0.1, 0.15) is 0 Å². The van der Waals surface area contributed by atoms with Gasteiger partial charge in [-0.2, -0.15) is 13.2 Å². The molecule has 0 aliphatic carbocycles. The lowest BCUT2D eigenvalue weighted by Gasteiger charge is -2.14. The molecule has 0 atom stereocenters. The molecule has 1 nitrogen and oxygen atoms in total. The first-order chi connectivity index (χ1) is 7.30. The highest BCUT2D eigenvalue weighted by atomic mass is 79.9. The van der Waals surface area contributed by atoms with Gasteiger partial charge >= 0.3 is 6.18 Å². The molecule has 90 valence electrons. The van der Waals surface area contributed by atoms with Crippen molar-refractivity contribution < 1.29 is 22.0 Å². The van der Waals surface area contributed by atoms with Crippen molar-refractivity contribution in [3.05, 3.63) is 28.2 Å². The van der Waals surface area contributed by atoms with Gasteiger partial charge in [-0.3, -0.25) is 0 Å². The highest BCUT2D eigenvalue weighted by Gasteiger charge is 2.33. The smallest absolute Gasteiger partial charge is 0.379 e. The number of rotatable bonds is 3. The lowest BCUT2D eigenvalue weighted by molar-refractivity contribution is -0.137. The Kier molecular flexibility index (Phi) is 4.12. The Bertz CT molecular complexity index is 363. The van der Waals surface area contributed by atoms with E-state index in [0.717, 1.165) is 12.1 Å². The molecule has 0 aliphatic heterocycles. The van der Waals surface area contributed by atoms with Crippen LogP contribution in [-0.2, 0) is 6.18 Å². The lowest BCUT2D eigenvalue weighted by Crippen LogP contribution is -2.15. The third-order valence-corrected chi connectivity index (χ3v) is 2.23. The number of anilines is 1. The highest BCUT2D eigenvalue weighted by Crippen LogP contribution is 2.36. The average Bonchev–Trinajstić information content (AvgIpc) is 2.12. The summed E-state index contributed by atoms with van der Waals surface area (Å²) in [7, 11) is 0. The van der Waals surface area contributed by atoms with Crippen LogP contribution in [0.4, 0.5) is 27.6 Å². The van der Waals surface area contributed by atoms with Crippen LogP contribution in [0.5, 0.6) is 0 Å². The van der Waals surface area contributed by atoms with Crippen molar-refractivity contribution >= 4 is 21.6 Å². The summed E-state index contributed by atoms with van der Waals surface area (Å²) >= 11 is 2.98. The van der Waals surface area contributed by atoms with E-state index in [4.69, 9.17) is 0 Å². The standard InChI is InChI=1S/C9H7BrF5N/c10-5-1-2-6(9(13,14)15)7(3-5)16-4-8(11)12/h1-3,8,16H,4H2. The summed E-state index contributed by atoms with van der Waals surface area (Å²) in [5.41, 5.74) is -1.32. The molecule has 16 heavy (non-hydrogen) atoms. The van der Waals surface area contributed by atoms with E-state index < -0.39 is 24.7 Å². The summed E-state index contributed by atoms with van der Waals surface area (Å²) in [5.74, 6) is 0. The van der Waals surface area contributed by atoms with Crippen LogP contribution >= 0.6 is 15.9 Å². The highest BCUT2D eigenvalue weighted by molar-refractivity contribution is 9.10. The maximum atomic E-state index is 12.5. The molecule has 1 aromatic rings. The zero-order valence-corrected chi connectivity index (χ0v) is 9.37. The number of halogens is 6. The Morgan fingerprint density at radius 1 is 1.25 bits per heavy atom. The molecule has 0 amide bonds. The Morgan fingerprint density at radius 3 is 2.38 bits per heavy atom. The first kappa shape index (κ1) is 13.2. The van der Waals surface area contributed by atoms with Gasteiger partial charge in [0.15, 0.2) is 0 Å². The predicted molar refractivity (Wildman–Crippen MR) is 53.6 cm³/mol. The third-order valence-electron chi connectivity index (χ3n) is 1.73. The van der Waals surface area contributed by atoms with Gasteiger partial charge < -0.3 is 5.32 Å². The lowest BCUT2D eigenvalue weighted by atomic mass is 10.1. The monoisotopic (exact) mass is 303 g/mol. The van der Waals surface area contributed by atoms with E-state index >= 15 is 0 Å². The molecule has 0 aliphatic rings. The Morgan fingerprint density at radius 2 is 1.88 bits per heavy atom. The predicted octanol–water partition coefficient (Wildman–Crippen LogP) is 4.14. The van der Waals surface area contributed by atoms with Gasteiger partial charge in [-0.05, 0) is 18.2 Å². The van der Waals surface area contributed by atoms with E-state index in [1.807, 2.05) is 0 Å². The van der Waals surface area contributed by atoms with E-state index in [9.17, 15) is 22.0 Å². The molecule has 0 saturated carbocycles. The first-order valence-corrected chi connectivity index (χ1v) is 4.99. The average molecular weight is 304 g/mol. The van der Waals surface area contributed by atoms with Gasteiger partial charge in [0, 0.05) is 10.2 Å². The van der Waals surface area contributed by atoms with Gasteiger partial charge in [0.2, 0.25) is 0 Å². The van der Waals surface area contributed by atoms with Gasteiger partial charge in [-0.1, -0.05) is 15.9 Å². The molecule has 1 N–H and O–H groups in total. The number of nitrogens with one attached hydrogen (secondary N) is 1. The van der Waals surface area contributed by atoms with Crippen molar-refractivity contribution in [2.24, 2.45) is 0 Å². The van der Waals surface area contributed by atoms with E-state index in [1.165, 1.54) is 6.07 Å². The van der Waals surface area contributed by atoms with E-state index in [1.54, 1.807) is 0 Å². The molecule has 0 aromatic heterocycles. The molecule has 0 spiro atoms. The largest absolute Gasteiger partial charge is 0.418 e. The Labute approximate surface area is 96.8 Å². The first-order valence-electron chi connectivity index (χ1n) is 4.19. The Balaban J connectivity index is 2.99. The van der Waals surface area contributed by atoms with Crippen molar-refractivity contribution in [1.29, 1.82) is 0 Å². The summed E-state index contributed by atoms with van der Waals surface area (Å²) in [6.45, 7) is -0.820. The van der Waals surface area contributed by atoms with Crippen LogP contribution in [0, 0.1) is 0 Å². The third kappa shape index (κ3) is 3.62. The summed E-state index contributed by atoms with van der Waals surface area (Å²) in [5, 5.41) is 2.06. The maximum Gasteiger partial charge on any atom is 0.418 e. The maximum absolute atomic E-state index is 12.5. The fourth-order valence-corrected chi connectivity index (χ4v) is 1.46. The Hall–Kier alpha value is -0.850. The van der Waals surface area contributed by atoms with Crippen LogP contribution in [0.1, 0.15) is 5.56 Å². The van der Waals surface area contributed by atoms with E-state index in [2.05, 4.69) is 21.2 Å². The number of hydrogen-bond acceptors (Lipinski definition) is 1. The number of benzene rings is 1. The fraction of sp³-hybridized carbons (Fsp3) is 0.333. The van der Waals surface area contributed by atoms with Gasteiger partial charge in [-0.25, -0.2) is 8.78 Å². The number of alkyl halides is 5. The van der Waals surface area contributed by atoms with Crippen LogP contribution in [0.2, 0.25) is 0 Å². The second-order valence-electron chi connectivity index (χ2n) is 2.96. The quantitative estimate of drug-likeness (QED) is 0.827. The van der Waals surface area contributed by atoms with Crippen LogP contribution in [0.15, 0.2) is 22.7 Å². The van der Waals surface area contributed by atoms with Crippen molar-refractivity contribution in [3.8, 4) is 0 Å². The van der Waals surface area contributed by atoms with Crippen molar-refractivity contribution in [2.75, 3.05) is 11.9 Å². The molecule has 7 heteroatoms. The zero-order chi connectivity index (χ0) is 12.3. The summed E-state index contributed by atoms with van der Waals surface area (Å²) < 4.78 is 61.6. The molecule has 0 fully saturated rings. The van der Waals surface area contributed by atoms with Gasteiger partial charge in [0.25, 0.3) is 6.43 Å². The zero-order valence-electron chi connectivity index (χ0n) is 7.78. The normalized spacial score (nSPS) is 11.9. The molecule has 0 saturated heterocycles. The van der Waals surface area contributed by atoms with Crippen molar-refractivity contribution in [1.82, 2.24) is 0 Å². The minimum Gasteiger partial charge on any atom is -0.379 e. The SMILES string of the molecule is FC(F)CNc1cc(Br)ccc1C(F)(F)F.